The van der Waals surface area contributed by atoms with Crippen LogP contribution in [-0.4, -0.2) is 60.7 Å². The molecule has 1 aromatic carbocycles. The first-order chi connectivity index (χ1) is 22.3. The molecule has 1 N–H and O–H groups in total. The molecular weight excluding hydrogens is 689 g/mol. The van der Waals surface area contributed by atoms with Gasteiger partial charge < -0.3 is 10.2 Å². The molecule has 1 saturated carbocycles. The molecule has 1 fully saturated rings. The van der Waals surface area contributed by atoms with Gasteiger partial charge in [0.1, 0.15) is 11.6 Å². The fourth-order valence-corrected chi connectivity index (χ4v) is 7.08. The molecule has 1 aromatic heterocycles. The van der Waals surface area contributed by atoms with E-state index in [2.05, 4.69) is 102 Å². The Morgan fingerprint density at radius 2 is 1.65 bits per heavy atom. The monoisotopic (exact) mass is 750 g/mol. The number of para-hydroxylation sites is 1. The van der Waals surface area contributed by atoms with Crippen molar-refractivity contribution in [2.24, 2.45) is 0 Å². The highest BCUT2D eigenvalue weighted by molar-refractivity contribution is 9.08. The minimum absolute atomic E-state index is 0.733. The lowest BCUT2D eigenvalue weighted by Gasteiger charge is -2.23. The number of aryl methyl sites for hydroxylation is 1. The van der Waals surface area contributed by atoms with Crippen molar-refractivity contribution >= 4 is 67.9 Å². The van der Waals surface area contributed by atoms with Gasteiger partial charge in [0.25, 0.3) is 0 Å². The van der Waals surface area contributed by atoms with Gasteiger partial charge in [-0.2, -0.15) is 0 Å². The molecule has 260 valence electrons. The van der Waals surface area contributed by atoms with Crippen LogP contribution in [0.4, 0.5) is 5.82 Å². The number of alkyl halides is 1. The lowest BCUT2D eigenvalue weighted by molar-refractivity contribution is 0.384. The van der Waals surface area contributed by atoms with Crippen molar-refractivity contribution in [3.8, 4) is 0 Å². The number of halogens is 1. The van der Waals surface area contributed by atoms with Gasteiger partial charge in [0, 0.05) is 47.6 Å². The highest BCUT2D eigenvalue weighted by Crippen LogP contribution is 2.31. The van der Waals surface area contributed by atoms with E-state index in [-0.39, 0.29) is 0 Å². The summed E-state index contributed by atoms with van der Waals surface area (Å²) in [5.41, 5.74) is 1.00. The van der Waals surface area contributed by atoms with Crippen molar-refractivity contribution in [3.05, 3.63) is 75.2 Å². The van der Waals surface area contributed by atoms with Crippen LogP contribution >= 0.6 is 51.2 Å². The zero-order valence-electron chi connectivity index (χ0n) is 30.5. The molecule has 3 rings (SSSR count). The Morgan fingerprint density at radius 3 is 2.20 bits per heavy atom. The summed E-state index contributed by atoms with van der Waals surface area (Å²) in [5.74, 6) is 4.63. The predicted molar refractivity (Wildman–Crippen MR) is 222 cm³/mol. The molecule has 1 aliphatic carbocycles. The minimum Gasteiger partial charge on any atom is -0.362 e. The van der Waals surface area contributed by atoms with Gasteiger partial charge in [0.15, 0.2) is 0 Å². The zero-order valence-corrected chi connectivity index (χ0v) is 34.5. The second-order valence-electron chi connectivity index (χ2n) is 11.0. The number of nitrogens with zero attached hydrogens (tertiary/aromatic N) is 3. The molecule has 8 heteroatoms. The molecule has 0 aliphatic heterocycles. The van der Waals surface area contributed by atoms with Crippen LogP contribution in [0.25, 0.3) is 10.9 Å². The molecule has 46 heavy (non-hydrogen) atoms. The topological polar surface area (TPSA) is 41.1 Å². The molecule has 0 spiro atoms. The average Bonchev–Trinajstić information content (AvgIpc) is 3.08. The summed E-state index contributed by atoms with van der Waals surface area (Å²) in [6, 6.07) is 8.79. The van der Waals surface area contributed by atoms with Crippen molar-refractivity contribution in [1.82, 2.24) is 15.3 Å². The summed E-state index contributed by atoms with van der Waals surface area (Å²) < 4.78 is 0. The number of thioether (sulfide) groups is 3. The highest BCUT2D eigenvalue weighted by atomic mass is 79.9. The minimum atomic E-state index is 0.733. The predicted octanol–water partition coefficient (Wildman–Crippen LogP) is 12.2. The number of unbranched alkanes of at least 4 members (excludes halogenated alkanes) is 2. The fraction of sp³-hybridized carbons (Fsp3) is 0.579. The Hall–Kier alpha value is -1.19. The van der Waals surface area contributed by atoms with E-state index in [1.54, 1.807) is 0 Å². The van der Waals surface area contributed by atoms with Crippen molar-refractivity contribution in [2.45, 2.75) is 98.4 Å². The molecule has 0 atom stereocenters. The van der Waals surface area contributed by atoms with Crippen molar-refractivity contribution in [1.29, 1.82) is 0 Å². The van der Waals surface area contributed by atoms with E-state index < -0.39 is 0 Å². The van der Waals surface area contributed by atoms with Crippen LogP contribution in [0.3, 0.4) is 0 Å². The van der Waals surface area contributed by atoms with E-state index in [1.165, 1.54) is 66.1 Å². The number of rotatable bonds is 14. The highest BCUT2D eigenvalue weighted by Gasteiger charge is 2.12. The molecule has 0 radical (unpaired) electrons. The number of benzene rings is 1. The number of anilines is 1. The quantitative estimate of drug-likeness (QED) is 0.152. The van der Waals surface area contributed by atoms with E-state index in [0.717, 1.165) is 47.3 Å². The van der Waals surface area contributed by atoms with Crippen LogP contribution in [0.2, 0.25) is 0 Å². The maximum absolute atomic E-state index is 4.42. The number of nitrogens with one attached hydrogen (secondary N) is 1. The van der Waals surface area contributed by atoms with Gasteiger partial charge in [-0.25, -0.2) is 9.97 Å². The standard InChI is InChI=1S/C21H35NS3.C11H13N3.C5H12.CH3Br/c1-5-12-21(20(6-2)24-4)25-16-11-10-15-19(23-3)17-22-18-13-8-7-9-14-18;1-8-12-10-7-5-4-6-9(10)11(13-8)14(2)3;1-3-5-4-2;1-2/h6,10-12,15,18,22H,5,7-9,13-14,16-17H2,1-4H3;4-7H,1-3H3;3-5H2,1-2H3;1H3/b11-10+,19-15-,20-6-,21-12-;;;. The maximum atomic E-state index is 4.42. The Bertz CT molecular complexity index is 1170. The van der Waals surface area contributed by atoms with Gasteiger partial charge in [-0.1, -0.05) is 118 Å². The number of allylic oxidation sites excluding steroid dienone is 4. The Labute approximate surface area is 304 Å². The summed E-state index contributed by atoms with van der Waals surface area (Å²) >= 11 is 8.56. The number of hydrogen-bond acceptors (Lipinski definition) is 7. The Balaban J connectivity index is 0.000000801. The van der Waals surface area contributed by atoms with E-state index in [1.807, 2.05) is 91.3 Å². The maximum Gasteiger partial charge on any atom is 0.139 e. The van der Waals surface area contributed by atoms with Gasteiger partial charge in [-0.3, -0.25) is 0 Å². The molecule has 0 bridgehead atoms. The first kappa shape index (κ1) is 44.8. The van der Waals surface area contributed by atoms with E-state index in [9.17, 15) is 0 Å². The molecule has 0 unspecified atom stereocenters. The largest absolute Gasteiger partial charge is 0.362 e. The smallest absolute Gasteiger partial charge is 0.139 e. The summed E-state index contributed by atoms with van der Waals surface area (Å²) in [5, 5.41) is 4.83. The van der Waals surface area contributed by atoms with Gasteiger partial charge in [0.05, 0.1) is 5.52 Å². The lowest BCUT2D eigenvalue weighted by atomic mass is 9.95. The van der Waals surface area contributed by atoms with Crippen molar-refractivity contribution in [2.75, 3.05) is 49.6 Å². The van der Waals surface area contributed by atoms with Crippen LogP contribution in [0, 0.1) is 6.92 Å². The number of hydrogen-bond donors (Lipinski definition) is 1. The number of fused-ring (bicyclic) bond motifs is 1. The fourth-order valence-electron chi connectivity index (χ4n) is 4.76. The van der Waals surface area contributed by atoms with Gasteiger partial charge in [0.2, 0.25) is 0 Å². The summed E-state index contributed by atoms with van der Waals surface area (Å²) in [7, 11) is 3.99. The van der Waals surface area contributed by atoms with Crippen LogP contribution < -0.4 is 10.2 Å². The molecule has 1 heterocycles. The van der Waals surface area contributed by atoms with Gasteiger partial charge in [-0.05, 0) is 68.5 Å². The molecular formula is C38H63BrN4S3. The first-order valence-electron chi connectivity index (χ1n) is 16.8. The van der Waals surface area contributed by atoms with E-state index >= 15 is 0 Å². The van der Waals surface area contributed by atoms with Crippen LogP contribution in [0.5, 0.6) is 0 Å². The molecule has 0 saturated heterocycles. The average molecular weight is 752 g/mol. The van der Waals surface area contributed by atoms with Crippen LogP contribution in [0.15, 0.2) is 69.4 Å². The third-order valence-corrected chi connectivity index (χ3v) is 10.0. The summed E-state index contributed by atoms with van der Waals surface area (Å²) in [6.45, 7) is 11.7. The third-order valence-electron chi connectivity index (χ3n) is 7.13. The molecule has 1 aliphatic rings. The van der Waals surface area contributed by atoms with E-state index in [0.29, 0.717) is 0 Å². The van der Waals surface area contributed by atoms with Crippen molar-refractivity contribution in [3.63, 3.8) is 0 Å². The normalized spacial score (nSPS) is 14.2. The second-order valence-corrected chi connectivity index (χ2v) is 13.8. The second kappa shape index (κ2) is 29.9. The van der Waals surface area contributed by atoms with E-state index in [4.69, 9.17) is 0 Å². The Kier molecular flexibility index (Phi) is 29.1. The Morgan fingerprint density at radius 1 is 0.978 bits per heavy atom. The SMILES string of the molecule is C/C=C(SC)/C(=C/CC)SC/C=C/C=C(/CNC1CCCCC1)SC.CBr.CCCCC.Cc1nc(N(C)C)c2ccccc2n1. The number of aromatic nitrogens is 2. The third kappa shape index (κ3) is 19.6. The zero-order chi connectivity index (χ0) is 34.6. The van der Waals surface area contributed by atoms with Crippen LogP contribution in [-0.2, 0) is 0 Å². The van der Waals surface area contributed by atoms with Gasteiger partial charge in [-0.15, -0.1) is 35.3 Å². The van der Waals surface area contributed by atoms with Crippen molar-refractivity contribution < 1.29 is 0 Å². The van der Waals surface area contributed by atoms with Gasteiger partial charge >= 0.3 is 0 Å². The van der Waals surface area contributed by atoms with Crippen LogP contribution in [0.1, 0.15) is 91.3 Å². The molecule has 4 nitrogen and oxygen atoms in total. The summed E-state index contributed by atoms with van der Waals surface area (Å²) in [6.07, 6.45) is 27.7. The summed E-state index contributed by atoms with van der Waals surface area (Å²) in [4.78, 5) is 15.0. The molecule has 0 amide bonds. The molecule has 2 aromatic rings. The lowest BCUT2D eigenvalue weighted by Crippen LogP contribution is -2.32. The first-order valence-corrected chi connectivity index (χ1v) is 21.8.